The van der Waals surface area contributed by atoms with Crippen molar-refractivity contribution in [2.24, 2.45) is 0 Å². The summed E-state index contributed by atoms with van der Waals surface area (Å²) in [5.74, 6) is 1.53. The minimum atomic E-state index is -1.10. The van der Waals surface area contributed by atoms with Gasteiger partial charge in [0.15, 0.2) is 22.2 Å². The quantitative estimate of drug-likeness (QED) is 0.627. The average molecular weight is 436 g/mol. The van der Waals surface area contributed by atoms with Crippen molar-refractivity contribution in [2.45, 2.75) is 4.87 Å². The zero-order valence-electron chi connectivity index (χ0n) is 16.5. The highest BCUT2D eigenvalue weighted by atomic mass is 32.2. The highest BCUT2D eigenvalue weighted by molar-refractivity contribution is 8.01. The number of para-hydroxylation sites is 2. The predicted octanol–water partition coefficient (Wildman–Crippen LogP) is 2.03. The molecule has 1 saturated heterocycles. The Kier molecular flexibility index (Phi) is 7.02. The molecule has 3 rings (SSSR count). The molecule has 0 bridgehead atoms. The summed E-state index contributed by atoms with van der Waals surface area (Å²) in [5, 5.41) is 0. The number of hydrogen-bond acceptors (Lipinski definition) is 8. The van der Waals surface area contributed by atoms with Crippen molar-refractivity contribution in [1.82, 2.24) is 14.7 Å². The smallest absolute Gasteiger partial charge is 0.244 e. The fraction of sp³-hybridized carbons (Fsp3) is 0.400. The number of ether oxygens (including phenoxy) is 2. The third-order valence-corrected chi connectivity index (χ3v) is 6.49. The molecule has 2 aliphatic heterocycles. The lowest BCUT2D eigenvalue weighted by Crippen LogP contribution is -2.57. The lowest BCUT2D eigenvalue weighted by atomic mass is 10.1. The van der Waals surface area contributed by atoms with Crippen LogP contribution in [-0.4, -0.2) is 76.6 Å². The van der Waals surface area contributed by atoms with Crippen LogP contribution in [-0.2, 0) is 9.59 Å². The molecule has 0 aliphatic carbocycles. The largest absolute Gasteiger partial charge is 0.493 e. The van der Waals surface area contributed by atoms with E-state index in [1.807, 2.05) is 48.9 Å². The van der Waals surface area contributed by atoms with Crippen LogP contribution in [0.25, 0.3) is 0 Å². The lowest BCUT2D eigenvalue weighted by molar-refractivity contribution is -0.140. The molecule has 7 nitrogen and oxygen atoms in total. The van der Waals surface area contributed by atoms with Gasteiger partial charge in [0.2, 0.25) is 5.91 Å². The number of hydrogen-bond donors (Lipinski definition) is 1. The number of carbonyl (C=O) groups is 2. The minimum Gasteiger partial charge on any atom is -0.493 e. The molecule has 0 N–H and O–H groups in total. The molecule has 1 aromatic carbocycles. The van der Waals surface area contributed by atoms with Gasteiger partial charge in [-0.3, -0.25) is 9.59 Å². The molecule has 1 amide bonds. The van der Waals surface area contributed by atoms with Crippen molar-refractivity contribution < 1.29 is 19.1 Å². The highest BCUT2D eigenvalue weighted by Crippen LogP contribution is 2.39. The number of methoxy groups -OCH3 is 1. The Hall–Kier alpha value is -2.26. The molecule has 1 atom stereocenters. The maximum atomic E-state index is 13.1. The summed E-state index contributed by atoms with van der Waals surface area (Å²) in [6.07, 6.45) is 7.38. The summed E-state index contributed by atoms with van der Waals surface area (Å²) in [6.45, 7) is 0.675. The summed E-state index contributed by atoms with van der Waals surface area (Å²) in [4.78, 5) is 30.2. The number of thiol groups is 1. The SMILES string of the molecule is COc1ccccc1OCC1(C(=O)CS)SCCN1C(=O)CN1C=CN(C)C=C1. The second-order valence-corrected chi connectivity index (χ2v) is 8.32. The van der Waals surface area contributed by atoms with E-state index >= 15 is 0 Å². The maximum absolute atomic E-state index is 13.1. The van der Waals surface area contributed by atoms with Crippen molar-refractivity contribution in [1.29, 1.82) is 0 Å². The minimum absolute atomic E-state index is 0.0282. The summed E-state index contributed by atoms with van der Waals surface area (Å²) in [6, 6.07) is 7.25. The number of amides is 1. The first-order valence-corrected chi connectivity index (χ1v) is 10.8. The van der Waals surface area contributed by atoms with Crippen LogP contribution < -0.4 is 9.47 Å². The Morgan fingerprint density at radius 1 is 1.17 bits per heavy atom. The summed E-state index contributed by atoms with van der Waals surface area (Å²) in [7, 11) is 3.48. The van der Waals surface area contributed by atoms with Crippen LogP contribution in [0.1, 0.15) is 0 Å². The molecular weight excluding hydrogens is 410 g/mol. The first-order valence-electron chi connectivity index (χ1n) is 9.19. The zero-order valence-corrected chi connectivity index (χ0v) is 18.2. The standard InChI is InChI=1S/C20H25N3O4S2/c1-21-7-9-22(10-8-21)13-19(25)23-11-12-29-20(23,18(24)14-28)15-27-17-6-4-3-5-16(17)26-2/h3-10,28H,11-15H2,1-2H3. The van der Waals surface area contributed by atoms with E-state index in [2.05, 4.69) is 12.6 Å². The van der Waals surface area contributed by atoms with Crippen LogP contribution in [0.4, 0.5) is 0 Å². The van der Waals surface area contributed by atoms with Crippen LogP contribution in [0.2, 0.25) is 0 Å². The fourth-order valence-electron chi connectivity index (χ4n) is 3.19. The van der Waals surface area contributed by atoms with Gasteiger partial charge >= 0.3 is 0 Å². The molecule has 29 heavy (non-hydrogen) atoms. The highest BCUT2D eigenvalue weighted by Gasteiger charge is 2.50. The van der Waals surface area contributed by atoms with Gasteiger partial charge in [0.05, 0.1) is 12.9 Å². The van der Waals surface area contributed by atoms with Crippen LogP contribution in [0.15, 0.2) is 49.1 Å². The first kappa shape index (κ1) is 21.4. The number of rotatable bonds is 8. The third kappa shape index (κ3) is 4.67. The normalized spacial score (nSPS) is 20.9. The molecule has 1 unspecified atom stereocenters. The first-order chi connectivity index (χ1) is 14.0. The van der Waals surface area contributed by atoms with Gasteiger partial charge in [-0.25, -0.2) is 0 Å². The van der Waals surface area contributed by atoms with E-state index in [1.54, 1.807) is 29.0 Å². The molecule has 0 saturated carbocycles. The average Bonchev–Trinajstić information content (AvgIpc) is 3.18. The van der Waals surface area contributed by atoms with Crippen molar-refractivity contribution in [3.63, 3.8) is 0 Å². The number of carbonyl (C=O) groups excluding carboxylic acids is 2. The molecule has 0 aromatic heterocycles. The summed E-state index contributed by atoms with van der Waals surface area (Å²) < 4.78 is 11.3. The third-order valence-electron chi connectivity index (χ3n) is 4.77. The van der Waals surface area contributed by atoms with Gasteiger partial charge in [0, 0.05) is 44.1 Å². The number of benzene rings is 1. The monoisotopic (exact) mass is 435 g/mol. The van der Waals surface area contributed by atoms with Crippen molar-refractivity contribution in [2.75, 3.05) is 45.4 Å². The molecule has 156 valence electrons. The Morgan fingerprint density at radius 2 is 1.86 bits per heavy atom. The zero-order chi connectivity index (χ0) is 20.9. The van der Waals surface area contributed by atoms with Crippen molar-refractivity contribution >= 4 is 36.1 Å². The summed E-state index contributed by atoms with van der Waals surface area (Å²) in [5.41, 5.74) is 0. The van der Waals surface area contributed by atoms with E-state index < -0.39 is 4.87 Å². The van der Waals surface area contributed by atoms with Crippen LogP contribution >= 0.6 is 24.4 Å². The molecule has 1 fully saturated rings. The fourth-order valence-corrected chi connectivity index (χ4v) is 4.89. The molecule has 2 heterocycles. The van der Waals surface area contributed by atoms with Gasteiger partial charge in [-0.2, -0.15) is 12.6 Å². The van der Waals surface area contributed by atoms with Crippen molar-refractivity contribution in [3.8, 4) is 11.5 Å². The van der Waals surface area contributed by atoms with E-state index in [1.165, 1.54) is 11.8 Å². The van der Waals surface area contributed by atoms with Gasteiger partial charge in [-0.15, -0.1) is 11.8 Å². The number of thioether (sulfide) groups is 1. The van der Waals surface area contributed by atoms with Crippen LogP contribution in [0.3, 0.4) is 0 Å². The molecule has 2 aliphatic rings. The number of ketones is 1. The number of Topliss-reactive ketones (excluding diaryl/α,β-unsaturated/α-hetero) is 1. The second kappa shape index (κ2) is 9.49. The topological polar surface area (TPSA) is 62.3 Å². The second-order valence-electron chi connectivity index (χ2n) is 6.63. The lowest BCUT2D eigenvalue weighted by Gasteiger charge is -2.36. The summed E-state index contributed by atoms with van der Waals surface area (Å²) >= 11 is 5.63. The van der Waals surface area contributed by atoms with Crippen LogP contribution in [0.5, 0.6) is 11.5 Å². The molecule has 9 heteroatoms. The Balaban J connectivity index is 1.78. The van der Waals surface area contributed by atoms with E-state index in [9.17, 15) is 9.59 Å². The van der Waals surface area contributed by atoms with Gasteiger partial charge in [-0.1, -0.05) is 12.1 Å². The van der Waals surface area contributed by atoms with E-state index in [-0.39, 0.29) is 30.6 Å². The Bertz CT molecular complexity index is 803. The Morgan fingerprint density at radius 3 is 2.52 bits per heavy atom. The molecular formula is C20H25N3O4S2. The van der Waals surface area contributed by atoms with E-state index in [0.717, 1.165) is 0 Å². The maximum Gasteiger partial charge on any atom is 0.244 e. The Labute approximate surface area is 180 Å². The van der Waals surface area contributed by atoms with Gasteiger partial charge < -0.3 is 24.2 Å². The van der Waals surface area contributed by atoms with Crippen LogP contribution in [0, 0.1) is 0 Å². The van der Waals surface area contributed by atoms with Gasteiger partial charge in [0.1, 0.15) is 13.2 Å². The van der Waals surface area contributed by atoms with E-state index in [0.29, 0.717) is 23.8 Å². The molecule has 0 spiro atoms. The van der Waals surface area contributed by atoms with E-state index in [4.69, 9.17) is 9.47 Å². The van der Waals surface area contributed by atoms with Gasteiger partial charge in [0.25, 0.3) is 0 Å². The van der Waals surface area contributed by atoms with Gasteiger partial charge in [-0.05, 0) is 12.1 Å². The van der Waals surface area contributed by atoms with Crippen molar-refractivity contribution in [3.05, 3.63) is 49.1 Å². The predicted molar refractivity (Wildman–Crippen MR) is 117 cm³/mol. The molecule has 0 radical (unpaired) electrons. The number of nitrogens with zero attached hydrogens (tertiary/aromatic N) is 3. The molecule has 1 aromatic rings.